The van der Waals surface area contributed by atoms with Crippen LogP contribution in [0.4, 0.5) is 0 Å². The topological polar surface area (TPSA) is 65.5 Å². The van der Waals surface area contributed by atoms with Gasteiger partial charge in [-0.05, 0) is 18.4 Å². The molecule has 2 atom stereocenters. The van der Waals surface area contributed by atoms with E-state index in [-0.39, 0.29) is 23.3 Å². The summed E-state index contributed by atoms with van der Waals surface area (Å²) in [6, 6.07) is 1.85. The fraction of sp³-hybridized carbons (Fsp3) is 0.583. The zero-order valence-corrected chi connectivity index (χ0v) is 10.0. The first-order chi connectivity index (χ1) is 7.39. The molecule has 16 heavy (non-hydrogen) atoms. The summed E-state index contributed by atoms with van der Waals surface area (Å²) in [5, 5.41) is 0. The Kier molecular flexibility index (Phi) is 2.35. The molecule has 1 aromatic rings. The molecule has 0 bridgehead atoms. The number of furan rings is 1. The smallest absolute Gasteiger partial charge is 0.341 e. The Morgan fingerprint density at radius 2 is 2.12 bits per heavy atom. The van der Waals surface area contributed by atoms with Gasteiger partial charge in [-0.25, -0.2) is 4.79 Å². The van der Waals surface area contributed by atoms with E-state index in [4.69, 9.17) is 10.2 Å². The Morgan fingerprint density at radius 3 is 2.56 bits per heavy atom. The monoisotopic (exact) mass is 223 g/mol. The van der Waals surface area contributed by atoms with Crippen molar-refractivity contribution >= 4 is 5.97 Å². The van der Waals surface area contributed by atoms with E-state index in [0.717, 1.165) is 5.76 Å². The maximum absolute atomic E-state index is 11.4. The van der Waals surface area contributed by atoms with Crippen LogP contribution in [0.15, 0.2) is 10.5 Å². The van der Waals surface area contributed by atoms with Crippen LogP contribution in [-0.2, 0) is 4.74 Å². The Hall–Kier alpha value is -1.29. The molecule has 0 amide bonds. The van der Waals surface area contributed by atoms with Crippen LogP contribution in [0.1, 0.15) is 41.6 Å². The van der Waals surface area contributed by atoms with Crippen LogP contribution in [0.5, 0.6) is 0 Å². The lowest BCUT2D eigenvalue weighted by molar-refractivity contribution is 0.0599. The molecule has 88 valence electrons. The van der Waals surface area contributed by atoms with Gasteiger partial charge in [0.05, 0.1) is 7.11 Å². The van der Waals surface area contributed by atoms with Gasteiger partial charge in [0.15, 0.2) is 0 Å². The first-order valence-corrected chi connectivity index (χ1v) is 5.33. The molecule has 0 radical (unpaired) electrons. The first-order valence-electron chi connectivity index (χ1n) is 5.33. The van der Waals surface area contributed by atoms with Crippen molar-refractivity contribution in [1.29, 1.82) is 0 Å². The highest BCUT2D eigenvalue weighted by atomic mass is 16.5. The van der Waals surface area contributed by atoms with Gasteiger partial charge in [0.2, 0.25) is 0 Å². The van der Waals surface area contributed by atoms with Gasteiger partial charge < -0.3 is 14.9 Å². The van der Waals surface area contributed by atoms with Crippen LogP contribution < -0.4 is 5.73 Å². The molecule has 2 N–H and O–H groups in total. The van der Waals surface area contributed by atoms with Crippen molar-refractivity contribution in [3.05, 3.63) is 23.2 Å². The van der Waals surface area contributed by atoms with Crippen molar-refractivity contribution in [1.82, 2.24) is 0 Å². The van der Waals surface area contributed by atoms with E-state index in [0.29, 0.717) is 11.3 Å². The summed E-state index contributed by atoms with van der Waals surface area (Å²) >= 11 is 0. The van der Waals surface area contributed by atoms with Gasteiger partial charge in [-0.1, -0.05) is 13.8 Å². The van der Waals surface area contributed by atoms with Crippen LogP contribution in [0, 0.1) is 12.3 Å². The Labute approximate surface area is 94.8 Å². The van der Waals surface area contributed by atoms with Crippen LogP contribution >= 0.6 is 0 Å². The average Bonchev–Trinajstić information content (AvgIpc) is 2.59. The number of hydrogen-bond acceptors (Lipinski definition) is 4. The van der Waals surface area contributed by atoms with E-state index >= 15 is 0 Å². The number of esters is 1. The van der Waals surface area contributed by atoms with Gasteiger partial charge in [-0.2, -0.15) is 0 Å². The highest BCUT2D eigenvalue weighted by molar-refractivity contribution is 5.90. The Morgan fingerprint density at radius 1 is 1.56 bits per heavy atom. The molecular formula is C12H17NO3. The van der Waals surface area contributed by atoms with E-state index < -0.39 is 0 Å². The van der Waals surface area contributed by atoms with Crippen LogP contribution in [0.2, 0.25) is 0 Å². The molecule has 0 spiro atoms. The van der Waals surface area contributed by atoms with Gasteiger partial charge in [0.25, 0.3) is 0 Å². The molecule has 1 fully saturated rings. The lowest BCUT2D eigenvalue weighted by Gasteiger charge is -1.97. The van der Waals surface area contributed by atoms with Gasteiger partial charge in [0.1, 0.15) is 17.1 Å². The molecule has 1 aliphatic rings. The molecule has 0 aliphatic heterocycles. The molecule has 1 saturated carbocycles. The number of aryl methyl sites for hydroxylation is 1. The molecule has 0 saturated heterocycles. The normalized spacial score (nSPS) is 26.6. The highest BCUT2D eigenvalue weighted by Gasteiger charge is 2.58. The number of methoxy groups -OCH3 is 1. The predicted molar refractivity (Wildman–Crippen MR) is 59.3 cm³/mol. The van der Waals surface area contributed by atoms with Crippen molar-refractivity contribution < 1.29 is 13.9 Å². The van der Waals surface area contributed by atoms with E-state index in [1.165, 1.54) is 7.11 Å². The number of hydrogen-bond donors (Lipinski definition) is 1. The molecule has 1 aliphatic carbocycles. The van der Waals surface area contributed by atoms with Gasteiger partial charge in [0, 0.05) is 12.0 Å². The van der Waals surface area contributed by atoms with E-state index in [9.17, 15) is 4.79 Å². The molecule has 0 aromatic carbocycles. The molecular weight excluding hydrogens is 206 g/mol. The Balaban J connectivity index is 2.30. The largest absolute Gasteiger partial charge is 0.465 e. The van der Waals surface area contributed by atoms with Gasteiger partial charge in [-0.15, -0.1) is 0 Å². The zero-order chi connectivity index (χ0) is 12.1. The third-order valence-electron chi connectivity index (χ3n) is 3.56. The lowest BCUT2D eigenvalue weighted by atomic mass is 10.1. The second-order valence-electron chi connectivity index (χ2n) is 4.94. The highest BCUT2D eigenvalue weighted by Crippen LogP contribution is 2.57. The maximum Gasteiger partial charge on any atom is 0.341 e. The second kappa shape index (κ2) is 3.35. The summed E-state index contributed by atoms with van der Waals surface area (Å²) in [6.45, 7) is 5.95. The number of nitrogens with two attached hydrogens (primary N) is 1. The van der Waals surface area contributed by atoms with Crippen LogP contribution in [0.25, 0.3) is 0 Å². The number of carbonyl (C=O) groups is 1. The molecule has 1 heterocycles. The van der Waals surface area contributed by atoms with Crippen LogP contribution in [-0.4, -0.2) is 19.1 Å². The zero-order valence-electron chi connectivity index (χ0n) is 10.0. The summed E-state index contributed by atoms with van der Waals surface area (Å²) in [4.78, 5) is 11.4. The minimum absolute atomic E-state index is 0.0533. The number of rotatable bonds is 2. The van der Waals surface area contributed by atoms with E-state index in [1.54, 1.807) is 13.0 Å². The van der Waals surface area contributed by atoms with Crippen molar-refractivity contribution in [3.63, 3.8) is 0 Å². The molecule has 4 heteroatoms. The van der Waals surface area contributed by atoms with Crippen molar-refractivity contribution in [2.24, 2.45) is 11.1 Å². The van der Waals surface area contributed by atoms with Crippen LogP contribution in [0.3, 0.4) is 0 Å². The van der Waals surface area contributed by atoms with E-state index in [1.807, 2.05) is 0 Å². The summed E-state index contributed by atoms with van der Waals surface area (Å²) in [7, 11) is 1.36. The third kappa shape index (κ3) is 1.45. The molecule has 0 unspecified atom stereocenters. The summed E-state index contributed by atoms with van der Waals surface area (Å²) in [5.74, 6) is 1.22. The average molecular weight is 223 g/mol. The fourth-order valence-electron chi connectivity index (χ4n) is 2.19. The Bertz CT molecular complexity index is 433. The van der Waals surface area contributed by atoms with Gasteiger partial charge >= 0.3 is 5.97 Å². The predicted octanol–water partition coefficient (Wildman–Crippen LogP) is 1.83. The summed E-state index contributed by atoms with van der Waals surface area (Å²) < 4.78 is 10.3. The SMILES string of the molecule is COC(=O)c1cc([C@H]2[C@H](N)C2(C)C)oc1C. The number of ether oxygens (including phenoxy) is 1. The first kappa shape index (κ1) is 11.2. The molecule has 2 rings (SSSR count). The lowest BCUT2D eigenvalue weighted by Crippen LogP contribution is -2.06. The standard InChI is InChI=1S/C12H17NO3/c1-6-7(11(14)15-4)5-8(16-6)9-10(13)12(9,2)3/h5,9-10H,13H2,1-4H3/t9-,10-/m0/s1. The van der Waals surface area contributed by atoms with E-state index in [2.05, 4.69) is 18.6 Å². The van der Waals surface area contributed by atoms with Crippen molar-refractivity contribution in [3.8, 4) is 0 Å². The summed E-state index contributed by atoms with van der Waals surface area (Å²) in [5.41, 5.74) is 6.51. The molecule has 1 aromatic heterocycles. The third-order valence-corrected chi connectivity index (χ3v) is 3.56. The number of carbonyl (C=O) groups excluding carboxylic acids is 1. The van der Waals surface area contributed by atoms with Gasteiger partial charge in [-0.3, -0.25) is 0 Å². The summed E-state index contributed by atoms with van der Waals surface area (Å²) in [6.07, 6.45) is 0. The van der Waals surface area contributed by atoms with Crippen molar-refractivity contribution in [2.75, 3.05) is 7.11 Å². The molecule has 4 nitrogen and oxygen atoms in total. The maximum atomic E-state index is 11.4. The minimum atomic E-state index is -0.362. The quantitative estimate of drug-likeness (QED) is 0.777. The van der Waals surface area contributed by atoms with Crippen molar-refractivity contribution in [2.45, 2.75) is 32.7 Å². The fourth-order valence-corrected chi connectivity index (χ4v) is 2.19. The minimum Gasteiger partial charge on any atom is -0.465 e. The second-order valence-corrected chi connectivity index (χ2v) is 4.94.